The standard InChI is InChI=1S/C14H17N3O2/c1-14(2)18-8-12(19-14)10-6-4-3-5-9(10)11-7-13(15)17-16-11/h3-7,12H,8H2,1-2H3,(H3,15,16,17). The van der Waals surface area contributed by atoms with E-state index in [1.807, 2.05) is 44.2 Å². The molecule has 19 heavy (non-hydrogen) atoms. The molecular formula is C14H17N3O2. The first-order chi connectivity index (χ1) is 9.05. The molecule has 1 aliphatic rings. The van der Waals surface area contributed by atoms with Gasteiger partial charge in [0, 0.05) is 11.6 Å². The molecule has 5 nitrogen and oxygen atoms in total. The van der Waals surface area contributed by atoms with Crippen molar-refractivity contribution in [1.29, 1.82) is 0 Å². The molecule has 0 radical (unpaired) electrons. The van der Waals surface area contributed by atoms with Crippen molar-refractivity contribution in [3.8, 4) is 11.3 Å². The van der Waals surface area contributed by atoms with E-state index >= 15 is 0 Å². The van der Waals surface area contributed by atoms with Crippen LogP contribution in [0.1, 0.15) is 25.5 Å². The summed E-state index contributed by atoms with van der Waals surface area (Å²) in [5.41, 5.74) is 8.67. The molecule has 0 spiro atoms. The number of rotatable bonds is 2. The van der Waals surface area contributed by atoms with Crippen molar-refractivity contribution in [2.75, 3.05) is 12.3 Å². The minimum Gasteiger partial charge on any atom is -0.382 e. The SMILES string of the molecule is CC1(C)OCC(c2ccccc2-c2cc(N)n[nH]2)O1. The van der Waals surface area contributed by atoms with Gasteiger partial charge in [-0.2, -0.15) is 5.10 Å². The Balaban J connectivity index is 1.99. The van der Waals surface area contributed by atoms with Crippen LogP contribution in [0.15, 0.2) is 30.3 Å². The first kappa shape index (κ1) is 12.2. The Hall–Kier alpha value is -1.85. The molecule has 2 aromatic rings. The van der Waals surface area contributed by atoms with Gasteiger partial charge in [0.15, 0.2) is 5.79 Å². The van der Waals surface area contributed by atoms with Crippen molar-refractivity contribution in [3.05, 3.63) is 35.9 Å². The third-order valence-electron chi connectivity index (χ3n) is 3.20. The van der Waals surface area contributed by atoms with Gasteiger partial charge in [-0.25, -0.2) is 0 Å². The van der Waals surface area contributed by atoms with E-state index in [0.717, 1.165) is 16.8 Å². The summed E-state index contributed by atoms with van der Waals surface area (Å²) in [5.74, 6) is -0.0566. The van der Waals surface area contributed by atoms with E-state index in [-0.39, 0.29) is 6.10 Å². The zero-order chi connectivity index (χ0) is 13.5. The molecule has 100 valence electrons. The molecule has 1 unspecified atom stereocenters. The third kappa shape index (κ3) is 2.34. The fraction of sp³-hybridized carbons (Fsp3) is 0.357. The van der Waals surface area contributed by atoms with Gasteiger partial charge in [-0.3, -0.25) is 5.10 Å². The average Bonchev–Trinajstić information content (AvgIpc) is 2.95. The normalized spacial score (nSPS) is 21.7. The Bertz CT molecular complexity index is 592. The molecule has 3 N–H and O–H groups in total. The zero-order valence-corrected chi connectivity index (χ0v) is 11.0. The molecule has 1 saturated heterocycles. The van der Waals surface area contributed by atoms with Gasteiger partial charge >= 0.3 is 0 Å². The van der Waals surface area contributed by atoms with Crippen molar-refractivity contribution < 1.29 is 9.47 Å². The summed E-state index contributed by atoms with van der Waals surface area (Å²) in [4.78, 5) is 0. The first-order valence-electron chi connectivity index (χ1n) is 6.27. The van der Waals surface area contributed by atoms with Gasteiger partial charge in [0.25, 0.3) is 0 Å². The number of nitrogens with zero attached hydrogens (tertiary/aromatic N) is 1. The van der Waals surface area contributed by atoms with E-state index in [1.54, 1.807) is 0 Å². The quantitative estimate of drug-likeness (QED) is 0.869. The molecule has 0 bridgehead atoms. The Morgan fingerprint density at radius 3 is 2.79 bits per heavy atom. The highest BCUT2D eigenvalue weighted by Gasteiger charge is 2.34. The topological polar surface area (TPSA) is 73.2 Å². The van der Waals surface area contributed by atoms with E-state index in [0.29, 0.717) is 12.4 Å². The zero-order valence-electron chi connectivity index (χ0n) is 11.0. The minimum atomic E-state index is -0.537. The lowest BCUT2D eigenvalue weighted by Crippen LogP contribution is -2.19. The number of aromatic nitrogens is 2. The van der Waals surface area contributed by atoms with Crippen LogP contribution in [-0.4, -0.2) is 22.6 Å². The number of H-pyrrole nitrogens is 1. The fourth-order valence-electron chi connectivity index (χ4n) is 2.34. The predicted octanol–water partition coefficient (Wildman–Crippen LogP) is 2.48. The molecule has 1 aliphatic heterocycles. The Morgan fingerprint density at radius 2 is 2.16 bits per heavy atom. The van der Waals surface area contributed by atoms with Crippen LogP contribution >= 0.6 is 0 Å². The monoisotopic (exact) mass is 259 g/mol. The summed E-state index contributed by atoms with van der Waals surface area (Å²) in [7, 11) is 0. The summed E-state index contributed by atoms with van der Waals surface area (Å²) in [5, 5.41) is 6.90. The van der Waals surface area contributed by atoms with Gasteiger partial charge in [0.2, 0.25) is 0 Å². The second-order valence-electron chi connectivity index (χ2n) is 5.11. The van der Waals surface area contributed by atoms with Crippen molar-refractivity contribution in [2.45, 2.75) is 25.7 Å². The summed E-state index contributed by atoms with van der Waals surface area (Å²) in [6.07, 6.45) is -0.0734. The van der Waals surface area contributed by atoms with Crippen LogP contribution in [-0.2, 0) is 9.47 Å². The number of hydrogen-bond acceptors (Lipinski definition) is 4. The van der Waals surface area contributed by atoms with Gasteiger partial charge < -0.3 is 15.2 Å². The lowest BCUT2D eigenvalue weighted by atomic mass is 10.0. The van der Waals surface area contributed by atoms with E-state index in [1.165, 1.54) is 0 Å². The molecule has 1 aromatic heterocycles. The minimum absolute atomic E-state index is 0.0734. The maximum absolute atomic E-state index is 5.92. The van der Waals surface area contributed by atoms with E-state index in [2.05, 4.69) is 10.2 Å². The molecule has 3 rings (SSSR count). The average molecular weight is 259 g/mol. The highest BCUT2D eigenvalue weighted by atomic mass is 16.7. The number of anilines is 1. The second-order valence-corrected chi connectivity index (χ2v) is 5.11. The van der Waals surface area contributed by atoms with E-state index in [9.17, 15) is 0 Å². The number of aromatic amines is 1. The van der Waals surface area contributed by atoms with Crippen LogP contribution in [0.5, 0.6) is 0 Å². The highest BCUT2D eigenvalue weighted by molar-refractivity contribution is 5.66. The van der Waals surface area contributed by atoms with Crippen molar-refractivity contribution in [3.63, 3.8) is 0 Å². The second kappa shape index (κ2) is 4.36. The lowest BCUT2D eigenvalue weighted by Gasteiger charge is -2.18. The van der Waals surface area contributed by atoms with Crippen LogP contribution in [0, 0.1) is 0 Å². The van der Waals surface area contributed by atoms with Crippen LogP contribution in [0.2, 0.25) is 0 Å². The molecule has 1 fully saturated rings. The van der Waals surface area contributed by atoms with Gasteiger partial charge in [-0.05, 0) is 19.4 Å². The fourth-order valence-corrected chi connectivity index (χ4v) is 2.34. The van der Waals surface area contributed by atoms with Gasteiger partial charge in [0.05, 0.1) is 12.3 Å². The molecule has 0 saturated carbocycles. The van der Waals surface area contributed by atoms with E-state index < -0.39 is 5.79 Å². The van der Waals surface area contributed by atoms with Gasteiger partial charge in [0.1, 0.15) is 11.9 Å². The summed E-state index contributed by atoms with van der Waals surface area (Å²) >= 11 is 0. The van der Waals surface area contributed by atoms with Gasteiger partial charge in [-0.15, -0.1) is 0 Å². The maximum Gasteiger partial charge on any atom is 0.163 e. The van der Waals surface area contributed by atoms with Gasteiger partial charge in [-0.1, -0.05) is 24.3 Å². The number of benzene rings is 1. The number of hydrogen-bond donors (Lipinski definition) is 2. The molecule has 1 atom stereocenters. The van der Waals surface area contributed by atoms with Crippen molar-refractivity contribution >= 4 is 5.82 Å². The number of nitrogens with two attached hydrogens (primary N) is 1. The Labute approximate surface area is 111 Å². The molecule has 2 heterocycles. The largest absolute Gasteiger partial charge is 0.382 e. The van der Waals surface area contributed by atoms with Crippen molar-refractivity contribution in [2.24, 2.45) is 0 Å². The van der Waals surface area contributed by atoms with Crippen LogP contribution in [0.3, 0.4) is 0 Å². The number of nitrogen functional groups attached to an aromatic ring is 1. The van der Waals surface area contributed by atoms with Crippen LogP contribution < -0.4 is 5.73 Å². The molecule has 5 heteroatoms. The van der Waals surface area contributed by atoms with E-state index in [4.69, 9.17) is 15.2 Å². The van der Waals surface area contributed by atoms with Crippen LogP contribution in [0.25, 0.3) is 11.3 Å². The van der Waals surface area contributed by atoms with Crippen LogP contribution in [0.4, 0.5) is 5.82 Å². The number of nitrogens with one attached hydrogen (secondary N) is 1. The number of ether oxygens (including phenoxy) is 2. The third-order valence-corrected chi connectivity index (χ3v) is 3.20. The summed E-state index contributed by atoms with van der Waals surface area (Å²) in [6.45, 7) is 4.39. The molecule has 0 aliphatic carbocycles. The predicted molar refractivity (Wildman–Crippen MR) is 72.3 cm³/mol. The summed E-state index contributed by atoms with van der Waals surface area (Å²) in [6, 6.07) is 9.86. The lowest BCUT2D eigenvalue weighted by molar-refractivity contribution is -0.139. The Morgan fingerprint density at radius 1 is 1.37 bits per heavy atom. The molecule has 0 amide bonds. The Kier molecular flexibility index (Phi) is 2.80. The molecule has 1 aromatic carbocycles. The van der Waals surface area contributed by atoms with Crippen molar-refractivity contribution in [1.82, 2.24) is 10.2 Å². The maximum atomic E-state index is 5.92. The summed E-state index contributed by atoms with van der Waals surface area (Å²) < 4.78 is 11.5. The molecular weight excluding hydrogens is 242 g/mol. The highest BCUT2D eigenvalue weighted by Crippen LogP contribution is 2.37. The first-order valence-corrected chi connectivity index (χ1v) is 6.27. The smallest absolute Gasteiger partial charge is 0.163 e.